The van der Waals surface area contributed by atoms with E-state index in [0.29, 0.717) is 18.3 Å². The molecule has 1 aromatic rings. The minimum absolute atomic E-state index is 0.135. The molecule has 1 aliphatic heterocycles. The third-order valence-electron chi connectivity index (χ3n) is 4.59. The van der Waals surface area contributed by atoms with Crippen molar-refractivity contribution in [2.45, 2.75) is 45.6 Å². The molecule has 116 valence electrons. The van der Waals surface area contributed by atoms with Crippen molar-refractivity contribution in [3.05, 3.63) is 35.9 Å². The molecule has 0 aliphatic carbocycles. The highest BCUT2D eigenvalue weighted by Gasteiger charge is 2.23. The normalized spacial score (nSPS) is 21.5. The van der Waals surface area contributed by atoms with Gasteiger partial charge in [-0.2, -0.15) is 0 Å². The molecule has 0 spiro atoms. The molecule has 0 bridgehead atoms. The highest BCUT2D eigenvalue weighted by Crippen LogP contribution is 2.23. The summed E-state index contributed by atoms with van der Waals surface area (Å²) in [5.74, 6) is 1.27. The Kier molecular flexibility index (Phi) is 6.24. The molecule has 1 amide bonds. The van der Waals surface area contributed by atoms with Crippen LogP contribution in [0.5, 0.6) is 0 Å². The lowest BCUT2D eigenvalue weighted by Crippen LogP contribution is -2.36. The zero-order chi connectivity index (χ0) is 15.1. The molecule has 1 heterocycles. The molecule has 3 nitrogen and oxygen atoms in total. The lowest BCUT2D eigenvalue weighted by Gasteiger charge is -2.28. The average molecular weight is 288 g/mol. The number of nitrogens with one attached hydrogen (secondary N) is 2. The Morgan fingerprint density at radius 2 is 2.14 bits per heavy atom. The molecule has 21 heavy (non-hydrogen) atoms. The van der Waals surface area contributed by atoms with E-state index in [4.69, 9.17) is 0 Å². The van der Waals surface area contributed by atoms with Crippen molar-refractivity contribution >= 4 is 5.91 Å². The van der Waals surface area contributed by atoms with Crippen molar-refractivity contribution in [1.82, 2.24) is 10.6 Å². The fraction of sp³-hybridized carbons (Fsp3) is 0.611. The first-order valence-corrected chi connectivity index (χ1v) is 8.25. The molecule has 1 aromatic carbocycles. The van der Waals surface area contributed by atoms with Crippen LogP contribution in [-0.2, 0) is 4.79 Å². The van der Waals surface area contributed by atoms with Crippen LogP contribution in [-0.4, -0.2) is 19.0 Å². The molecular formula is C18H28N2O. The molecule has 1 fully saturated rings. The lowest BCUT2D eigenvalue weighted by atomic mass is 9.85. The number of hydrogen-bond donors (Lipinski definition) is 2. The van der Waals surface area contributed by atoms with E-state index in [0.717, 1.165) is 19.5 Å². The molecule has 3 atom stereocenters. The Bertz CT molecular complexity index is 426. The van der Waals surface area contributed by atoms with Crippen molar-refractivity contribution in [2.75, 3.05) is 13.1 Å². The van der Waals surface area contributed by atoms with Crippen LogP contribution in [0.1, 0.15) is 51.1 Å². The second-order valence-corrected chi connectivity index (χ2v) is 6.23. The van der Waals surface area contributed by atoms with Crippen LogP contribution in [0.3, 0.4) is 0 Å². The van der Waals surface area contributed by atoms with Crippen LogP contribution >= 0.6 is 0 Å². The first kappa shape index (κ1) is 16.0. The predicted molar refractivity (Wildman–Crippen MR) is 87.0 cm³/mol. The highest BCUT2D eigenvalue weighted by molar-refractivity contribution is 5.76. The van der Waals surface area contributed by atoms with Gasteiger partial charge in [-0.15, -0.1) is 0 Å². The molecule has 0 saturated carbocycles. The lowest BCUT2D eigenvalue weighted by molar-refractivity contribution is -0.123. The summed E-state index contributed by atoms with van der Waals surface area (Å²) >= 11 is 0. The molecule has 2 rings (SSSR count). The summed E-state index contributed by atoms with van der Waals surface area (Å²) in [6.07, 6.45) is 4.04. The summed E-state index contributed by atoms with van der Waals surface area (Å²) in [7, 11) is 0. The predicted octanol–water partition coefficient (Wildman–Crippen LogP) is 3.28. The Morgan fingerprint density at radius 3 is 2.76 bits per heavy atom. The largest absolute Gasteiger partial charge is 0.349 e. The Hall–Kier alpha value is -1.35. The molecule has 0 radical (unpaired) electrons. The van der Waals surface area contributed by atoms with Gasteiger partial charge >= 0.3 is 0 Å². The maximum absolute atomic E-state index is 12.3. The number of amides is 1. The van der Waals surface area contributed by atoms with E-state index in [2.05, 4.69) is 36.6 Å². The Morgan fingerprint density at radius 1 is 1.38 bits per heavy atom. The van der Waals surface area contributed by atoms with Crippen LogP contribution in [0.2, 0.25) is 0 Å². The second kappa shape index (κ2) is 8.18. The van der Waals surface area contributed by atoms with E-state index in [1.165, 1.54) is 18.4 Å². The highest BCUT2D eigenvalue weighted by atomic mass is 16.1. The van der Waals surface area contributed by atoms with Gasteiger partial charge in [0.25, 0.3) is 0 Å². The number of carbonyl (C=O) groups is 1. The minimum Gasteiger partial charge on any atom is -0.349 e. The summed E-state index contributed by atoms with van der Waals surface area (Å²) in [5, 5.41) is 6.63. The van der Waals surface area contributed by atoms with Gasteiger partial charge in [0.1, 0.15) is 0 Å². The first-order valence-electron chi connectivity index (χ1n) is 8.25. The molecule has 3 unspecified atom stereocenters. The van der Waals surface area contributed by atoms with Crippen LogP contribution in [0.25, 0.3) is 0 Å². The quantitative estimate of drug-likeness (QED) is 0.843. The molecule has 0 aromatic heterocycles. The Balaban J connectivity index is 1.85. The number of rotatable bonds is 6. The van der Waals surface area contributed by atoms with Crippen LogP contribution < -0.4 is 10.6 Å². The zero-order valence-corrected chi connectivity index (χ0v) is 13.3. The van der Waals surface area contributed by atoms with E-state index in [1.807, 2.05) is 18.2 Å². The van der Waals surface area contributed by atoms with E-state index in [-0.39, 0.29) is 11.9 Å². The van der Waals surface area contributed by atoms with Gasteiger partial charge in [-0.05, 0) is 49.8 Å². The van der Waals surface area contributed by atoms with E-state index in [9.17, 15) is 4.79 Å². The molecule has 1 saturated heterocycles. The Labute approximate surface area is 128 Å². The van der Waals surface area contributed by atoms with E-state index in [1.54, 1.807) is 0 Å². The van der Waals surface area contributed by atoms with Crippen LogP contribution in [0.15, 0.2) is 30.3 Å². The van der Waals surface area contributed by atoms with Crippen molar-refractivity contribution in [3.63, 3.8) is 0 Å². The maximum Gasteiger partial charge on any atom is 0.220 e. The van der Waals surface area contributed by atoms with Gasteiger partial charge < -0.3 is 10.6 Å². The van der Waals surface area contributed by atoms with Gasteiger partial charge in [0.2, 0.25) is 5.91 Å². The van der Waals surface area contributed by atoms with Crippen LogP contribution in [0, 0.1) is 11.8 Å². The fourth-order valence-electron chi connectivity index (χ4n) is 3.18. The summed E-state index contributed by atoms with van der Waals surface area (Å²) < 4.78 is 0. The van der Waals surface area contributed by atoms with Gasteiger partial charge in [-0.3, -0.25) is 4.79 Å². The average Bonchev–Trinajstić information content (AvgIpc) is 2.54. The summed E-state index contributed by atoms with van der Waals surface area (Å²) in [6, 6.07) is 10.4. The maximum atomic E-state index is 12.3. The molecule has 3 heteroatoms. The van der Waals surface area contributed by atoms with Gasteiger partial charge in [0, 0.05) is 6.42 Å². The second-order valence-electron chi connectivity index (χ2n) is 6.23. The summed E-state index contributed by atoms with van der Waals surface area (Å²) in [4.78, 5) is 12.3. The van der Waals surface area contributed by atoms with Crippen molar-refractivity contribution in [2.24, 2.45) is 11.8 Å². The van der Waals surface area contributed by atoms with E-state index < -0.39 is 0 Å². The standard InChI is InChI=1S/C18H28N2O/c1-3-17(15-8-5-4-6-9-15)20-18(21)12-14(2)16-10-7-11-19-13-16/h4-6,8-9,14,16-17,19H,3,7,10-13H2,1-2H3,(H,20,21). The van der Waals surface area contributed by atoms with E-state index >= 15 is 0 Å². The molecule has 2 N–H and O–H groups in total. The number of hydrogen-bond acceptors (Lipinski definition) is 2. The molecular weight excluding hydrogens is 260 g/mol. The van der Waals surface area contributed by atoms with Crippen molar-refractivity contribution < 1.29 is 4.79 Å². The SMILES string of the molecule is CCC(NC(=O)CC(C)C1CCCNC1)c1ccccc1. The van der Waals surface area contributed by atoms with Gasteiger partial charge in [-0.25, -0.2) is 0 Å². The van der Waals surface area contributed by atoms with Crippen molar-refractivity contribution in [1.29, 1.82) is 0 Å². The zero-order valence-electron chi connectivity index (χ0n) is 13.3. The third kappa shape index (κ3) is 4.85. The number of carbonyl (C=O) groups excluding carboxylic acids is 1. The number of piperidine rings is 1. The third-order valence-corrected chi connectivity index (χ3v) is 4.59. The van der Waals surface area contributed by atoms with Crippen molar-refractivity contribution in [3.8, 4) is 0 Å². The minimum atomic E-state index is 0.135. The topological polar surface area (TPSA) is 41.1 Å². The van der Waals surface area contributed by atoms with Gasteiger partial charge in [-0.1, -0.05) is 44.2 Å². The number of benzene rings is 1. The van der Waals surface area contributed by atoms with Gasteiger partial charge in [0.05, 0.1) is 6.04 Å². The van der Waals surface area contributed by atoms with Crippen LogP contribution in [0.4, 0.5) is 0 Å². The summed E-state index contributed by atoms with van der Waals surface area (Å²) in [6.45, 7) is 6.51. The first-order chi connectivity index (χ1) is 10.2. The monoisotopic (exact) mass is 288 g/mol. The fourth-order valence-corrected chi connectivity index (χ4v) is 3.18. The summed E-state index contributed by atoms with van der Waals surface area (Å²) in [5.41, 5.74) is 1.19. The van der Waals surface area contributed by atoms with Gasteiger partial charge in [0.15, 0.2) is 0 Å². The smallest absolute Gasteiger partial charge is 0.220 e. The molecule has 1 aliphatic rings.